The maximum absolute atomic E-state index is 14.5. The summed E-state index contributed by atoms with van der Waals surface area (Å²) in [4.78, 5) is 41.5. The number of fused-ring (bicyclic) bond motifs is 2. The summed E-state index contributed by atoms with van der Waals surface area (Å²) < 4.78 is 0. The molecule has 0 fully saturated rings. The predicted octanol–water partition coefficient (Wildman–Crippen LogP) is 6.73. The first-order chi connectivity index (χ1) is 24.9. The first-order valence-electron chi connectivity index (χ1n) is 19.0. The number of hydrogen-bond acceptors (Lipinski definition) is 5. The van der Waals surface area contributed by atoms with Gasteiger partial charge in [-0.3, -0.25) is 14.4 Å². The number of benzene rings is 4. The van der Waals surface area contributed by atoms with Crippen LogP contribution >= 0.6 is 0 Å². The van der Waals surface area contributed by atoms with Crippen molar-refractivity contribution in [2.45, 2.75) is 104 Å². The molecule has 0 saturated carbocycles. The molecular formula is C44H59N3O5. The van der Waals surface area contributed by atoms with Crippen LogP contribution in [-0.4, -0.2) is 58.8 Å². The van der Waals surface area contributed by atoms with Gasteiger partial charge in [-0.05, 0) is 76.1 Å². The van der Waals surface area contributed by atoms with Crippen molar-refractivity contribution in [1.29, 1.82) is 0 Å². The van der Waals surface area contributed by atoms with Crippen LogP contribution in [0.3, 0.4) is 0 Å². The summed E-state index contributed by atoms with van der Waals surface area (Å²) in [5, 5.41) is 34.5. The number of rotatable bonds is 19. The molecule has 5 N–H and O–H groups in total. The number of aliphatic hydroxyl groups is 2. The van der Waals surface area contributed by atoms with Crippen LogP contribution in [-0.2, 0) is 27.2 Å². The Hall–Kier alpha value is -4.27. The number of nitrogens with one attached hydrogen (secondary N) is 3. The predicted molar refractivity (Wildman–Crippen MR) is 211 cm³/mol. The van der Waals surface area contributed by atoms with Crippen LogP contribution < -0.4 is 16.0 Å². The number of aliphatic hydroxyl groups excluding tert-OH is 2. The molecule has 0 unspecified atom stereocenters. The monoisotopic (exact) mass is 709 g/mol. The van der Waals surface area contributed by atoms with E-state index in [0.29, 0.717) is 25.7 Å². The van der Waals surface area contributed by atoms with Gasteiger partial charge in [0.15, 0.2) is 0 Å². The number of carbonyl (C=O) groups is 3. The molecule has 8 nitrogen and oxygen atoms in total. The Balaban J connectivity index is 1.58. The van der Waals surface area contributed by atoms with Crippen LogP contribution in [0.15, 0.2) is 84.9 Å². The summed E-state index contributed by atoms with van der Waals surface area (Å²) in [7, 11) is 0. The third-order valence-electron chi connectivity index (χ3n) is 10.2. The number of carbonyl (C=O) groups excluding carboxylic acids is 3. The minimum absolute atomic E-state index is 0.0720. The third kappa shape index (κ3) is 11.4. The van der Waals surface area contributed by atoms with Gasteiger partial charge in [0, 0.05) is 5.92 Å². The lowest BCUT2D eigenvalue weighted by molar-refractivity contribution is -0.132. The van der Waals surface area contributed by atoms with E-state index in [1.165, 1.54) is 0 Å². The average molecular weight is 710 g/mol. The zero-order chi connectivity index (χ0) is 37.8. The van der Waals surface area contributed by atoms with Crippen LogP contribution in [0.1, 0.15) is 78.4 Å². The van der Waals surface area contributed by atoms with Crippen molar-refractivity contribution in [3.63, 3.8) is 0 Å². The second-order valence-electron chi connectivity index (χ2n) is 15.3. The minimum Gasteiger partial charge on any atom is -0.394 e. The number of hydrogen-bond donors (Lipinski definition) is 5. The topological polar surface area (TPSA) is 128 Å². The molecule has 4 aromatic carbocycles. The maximum Gasteiger partial charge on any atom is 0.242 e. The Morgan fingerprint density at radius 1 is 0.635 bits per heavy atom. The van der Waals surface area contributed by atoms with Crippen molar-refractivity contribution < 1.29 is 24.6 Å². The van der Waals surface area contributed by atoms with E-state index < -0.39 is 30.1 Å². The van der Waals surface area contributed by atoms with Gasteiger partial charge in [-0.25, -0.2) is 0 Å². The second kappa shape index (κ2) is 19.5. The summed E-state index contributed by atoms with van der Waals surface area (Å²) in [5.74, 6) is -1.15. The fourth-order valence-corrected chi connectivity index (χ4v) is 7.08. The van der Waals surface area contributed by atoms with E-state index in [9.17, 15) is 24.6 Å². The Kier molecular flexibility index (Phi) is 15.2. The quantitative estimate of drug-likeness (QED) is 0.0738. The first-order valence-corrected chi connectivity index (χ1v) is 19.0. The van der Waals surface area contributed by atoms with Gasteiger partial charge in [-0.2, -0.15) is 0 Å². The summed E-state index contributed by atoms with van der Waals surface area (Å²) in [6.07, 6.45) is 1.25. The van der Waals surface area contributed by atoms with Gasteiger partial charge in [0.1, 0.15) is 6.04 Å². The third-order valence-corrected chi connectivity index (χ3v) is 10.2. The lowest BCUT2D eigenvalue weighted by atomic mass is 9.87. The Labute approximate surface area is 309 Å². The van der Waals surface area contributed by atoms with Crippen molar-refractivity contribution in [3.8, 4) is 0 Å². The molecule has 5 atom stereocenters. The zero-order valence-electron chi connectivity index (χ0n) is 31.8. The lowest BCUT2D eigenvalue weighted by Crippen LogP contribution is -2.55. The number of amides is 3. The molecule has 0 aliphatic carbocycles. The molecule has 0 aliphatic rings. The Morgan fingerprint density at radius 3 is 1.65 bits per heavy atom. The molecule has 0 radical (unpaired) electrons. The molecule has 8 heteroatoms. The highest BCUT2D eigenvalue weighted by Gasteiger charge is 2.32. The van der Waals surface area contributed by atoms with E-state index in [1.807, 2.05) is 77.9 Å². The van der Waals surface area contributed by atoms with Crippen LogP contribution in [0.5, 0.6) is 0 Å². The maximum atomic E-state index is 14.5. The average Bonchev–Trinajstić information content (AvgIpc) is 3.12. The molecular weight excluding hydrogens is 651 g/mol. The molecule has 4 aromatic rings. The van der Waals surface area contributed by atoms with Crippen molar-refractivity contribution in [1.82, 2.24) is 16.0 Å². The molecule has 52 heavy (non-hydrogen) atoms. The normalized spacial score (nSPS) is 14.7. The van der Waals surface area contributed by atoms with Crippen LogP contribution in [0.2, 0.25) is 0 Å². The van der Waals surface area contributed by atoms with Gasteiger partial charge < -0.3 is 26.2 Å². The van der Waals surface area contributed by atoms with E-state index in [1.54, 1.807) is 0 Å². The largest absolute Gasteiger partial charge is 0.394 e. The van der Waals surface area contributed by atoms with Gasteiger partial charge in [-0.15, -0.1) is 0 Å². The molecule has 0 aromatic heterocycles. The van der Waals surface area contributed by atoms with E-state index in [2.05, 4.69) is 64.5 Å². The first kappa shape index (κ1) is 40.5. The Morgan fingerprint density at radius 2 is 1.15 bits per heavy atom. The molecule has 280 valence electrons. The second-order valence-corrected chi connectivity index (χ2v) is 15.3. The minimum atomic E-state index is -1.15. The van der Waals surface area contributed by atoms with E-state index in [0.717, 1.165) is 39.1 Å². The molecule has 4 rings (SSSR count). The smallest absolute Gasteiger partial charge is 0.242 e. The highest BCUT2D eigenvalue weighted by molar-refractivity contribution is 5.91. The van der Waals surface area contributed by atoms with Crippen molar-refractivity contribution >= 4 is 39.3 Å². The van der Waals surface area contributed by atoms with Crippen molar-refractivity contribution in [2.24, 2.45) is 23.7 Å². The van der Waals surface area contributed by atoms with Gasteiger partial charge in [-0.1, -0.05) is 133 Å². The SMILES string of the molecule is CC[C@H](C)[C@@H](CO)NC(=O)C[C@H](O)[C@H](CC(C)C)NC(=O)[C@H](CC(C)C)NC(=O)C(Cc1cccc2ccccc12)Cc1cccc2ccccc12. The van der Waals surface area contributed by atoms with Crippen LogP contribution in [0, 0.1) is 23.7 Å². The summed E-state index contributed by atoms with van der Waals surface area (Å²) >= 11 is 0. The summed E-state index contributed by atoms with van der Waals surface area (Å²) in [6.45, 7) is 11.8. The van der Waals surface area contributed by atoms with Crippen molar-refractivity contribution in [3.05, 3.63) is 96.1 Å². The summed E-state index contributed by atoms with van der Waals surface area (Å²) in [6, 6.07) is 26.7. The van der Waals surface area contributed by atoms with Gasteiger partial charge in [0.25, 0.3) is 0 Å². The van der Waals surface area contributed by atoms with Crippen molar-refractivity contribution in [2.75, 3.05) is 6.61 Å². The molecule has 0 bridgehead atoms. The van der Waals surface area contributed by atoms with E-state index in [4.69, 9.17) is 0 Å². The summed E-state index contributed by atoms with van der Waals surface area (Å²) in [5.41, 5.74) is 2.14. The fourth-order valence-electron chi connectivity index (χ4n) is 7.08. The van der Waals surface area contributed by atoms with E-state index >= 15 is 0 Å². The fraction of sp³-hybridized carbons (Fsp3) is 0.477. The highest BCUT2D eigenvalue weighted by Crippen LogP contribution is 2.27. The van der Waals surface area contributed by atoms with Crippen LogP contribution in [0.25, 0.3) is 21.5 Å². The van der Waals surface area contributed by atoms with Gasteiger partial charge >= 0.3 is 0 Å². The van der Waals surface area contributed by atoms with Gasteiger partial charge in [0.2, 0.25) is 17.7 Å². The molecule has 3 amide bonds. The highest BCUT2D eigenvalue weighted by atomic mass is 16.3. The molecule has 0 heterocycles. The standard InChI is InChI=1S/C44H59N3O5/c1-7-30(6)40(27-48)45-42(50)26-41(49)38(22-28(2)3)46-44(52)39(23-29(4)5)47-43(51)35(24-33-18-12-16-31-14-8-10-20-36(31)33)25-34-19-13-17-32-15-9-11-21-37(32)34/h8-21,28-30,35,38-41,48-49H,7,22-27H2,1-6H3,(H,45,50)(H,46,52)(H,47,51)/t30-,38-,39-,40+,41-/m0/s1. The molecule has 0 saturated heterocycles. The molecule has 0 aliphatic heterocycles. The van der Waals surface area contributed by atoms with Crippen LogP contribution in [0.4, 0.5) is 0 Å². The molecule has 0 spiro atoms. The lowest BCUT2D eigenvalue weighted by Gasteiger charge is -2.30. The zero-order valence-corrected chi connectivity index (χ0v) is 31.8. The Bertz CT molecular complexity index is 1680. The van der Waals surface area contributed by atoms with E-state index in [-0.39, 0.29) is 48.5 Å². The van der Waals surface area contributed by atoms with Gasteiger partial charge in [0.05, 0.1) is 31.2 Å².